The minimum atomic E-state index is 0.00840. The molecule has 1 aliphatic rings. The van der Waals surface area contributed by atoms with Crippen LogP contribution in [0, 0.1) is 0 Å². The Labute approximate surface area is 180 Å². The van der Waals surface area contributed by atoms with Crippen LogP contribution in [0.1, 0.15) is 17.3 Å². The number of anilines is 1. The number of aromatic nitrogens is 3. The Morgan fingerprint density at radius 1 is 0.774 bits per heavy atom. The number of hydrogen-bond donors (Lipinski definition) is 1. The van der Waals surface area contributed by atoms with Crippen LogP contribution >= 0.6 is 0 Å². The van der Waals surface area contributed by atoms with E-state index in [1.165, 1.54) is 10.9 Å². The van der Waals surface area contributed by atoms with Crippen LogP contribution in [0.2, 0.25) is 0 Å². The van der Waals surface area contributed by atoms with Gasteiger partial charge in [0.25, 0.3) is 0 Å². The molecule has 6 rings (SSSR count). The number of fused-ring (bicyclic) bond motifs is 3. The minimum absolute atomic E-state index is 0.00840. The number of benzene rings is 2. The summed E-state index contributed by atoms with van der Waals surface area (Å²) in [6.45, 7) is 0. The van der Waals surface area contributed by atoms with Gasteiger partial charge in [-0.2, -0.15) is 0 Å². The maximum atomic E-state index is 5.02. The molecule has 5 aromatic rings. The second kappa shape index (κ2) is 7.26. The molecule has 31 heavy (non-hydrogen) atoms. The van der Waals surface area contributed by atoms with Crippen molar-refractivity contribution in [1.29, 1.82) is 0 Å². The van der Waals surface area contributed by atoms with Crippen LogP contribution in [0.3, 0.4) is 0 Å². The van der Waals surface area contributed by atoms with Crippen molar-refractivity contribution in [2.24, 2.45) is 0 Å². The van der Waals surface area contributed by atoms with Gasteiger partial charge >= 0.3 is 0 Å². The van der Waals surface area contributed by atoms with Crippen LogP contribution in [0.25, 0.3) is 34.1 Å². The molecule has 3 aromatic heterocycles. The van der Waals surface area contributed by atoms with E-state index in [0.29, 0.717) is 0 Å². The van der Waals surface area contributed by atoms with Crippen LogP contribution in [0.4, 0.5) is 5.82 Å². The summed E-state index contributed by atoms with van der Waals surface area (Å²) in [6, 6.07) is 31.0. The Balaban J connectivity index is 1.53. The topological polar surface area (TPSA) is 42.7 Å². The summed E-state index contributed by atoms with van der Waals surface area (Å²) < 4.78 is 2.22. The lowest BCUT2D eigenvalue weighted by Crippen LogP contribution is -2.16. The lowest BCUT2D eigenvalue weighted by Gasteiger charge is -2.22. The van der Waals surface area contributed by atoms with Crippen molar-refractivity contribution in [2.45, 2.75) is 6.04 Å². The molecule has 0 saturated heterocycles. The molecule has 4 heterocycles. The average molecular weight is 400 g/mol. The first kappa shape index (κ1) is 17.7. The van der Waals surface area contributed by atoms with Gasteiger partial charge in [0.2, 0.25) is 0 Å². The summed E-state index contributed by atoms with van der Waals surface area (Å²) in [5.41, 5.74) is 5.36. The Bertz CT molecular complexity index is 1400. The monoisotopic (exact) mass is 400 g/mol. The van der Waals surface area contributed by atoms with Crippen molar-refractivity contribution >= 4 is 22.8 Å². The molecule has 4 nitrogen and oxygen atoms in total. The van der Waals surface area contributed by atoms with E-state index in [1.54, 1.807) is 0 Å². The molecule has 0 fully saturated rings. The van der Waals surface area contributed by atoms with E-state index in [9.17, 15) is 0 Å². The minimum Gasteiger partial charge on any atom is -0.359 e. The third-order valence-electron chi connectivity index (χ3n) is 5.70. The number of para-hydroxylation sites is 1. The molecule has 1 atom stereocenters. The lowest BCUT2D eigenvalue weighted by atomic mass is 10.0. The van der Waals surface area contributed by atoms with Gasteiger partial charge in [0.1, 0.15) is 11.6 Å². The second-order valence-electron chi connectivity index (χ2n) is 7.60. The zero-order chi connectivity index (χ0) is 20.6. The zero-order valence-electron chi connectivity index (χ0n) is 16.8. The maximum absolute atomic E-state index is 5.02. The molecular formula is C27H20N4. The number of pyridine rings is 2. The average Bonchev–Trinajstić information content (AvgIpc) is 3.19. The molecule has 148 valence electrons. The quantitative estimate of drug-likeness (QED) is 0.388. The third kappa shape index (κ3) is 3.01. The highest BCUT2D eigenvalue weighted by atomic mass is 15.2. The molecule has 0 saturated carbocycles. The fraction of sp³-hybridized carbons (Fsp3) is 0.0370. The highest BCUT2D eigenvalue weighted by Crippen LogP contribution is 2.39. The summed E-state index contributed by atoms with van der Waals surface area (Å²) in [4.78, 5) is 9.57. The molecular weight excluding hydrogens is 380 g/mol. The van der Waals surface area contributed by atoms with Gasteiger partial charge in [-0.1, -0.05) is 72.8 Å². The Morgan fingerprint density at radius 3 is 2.48 bits per heavy atom. The van der Waals surface area contributed by atoms with Gasteiger partial charge in [0.15, 0.2) is 0 Å². The van der Waals surface area contributed by atoms with Gasteiger partial charge in [0.05, 0.1) is 22.9 Å². The molecule has 0 aliphatic carbocycles. The Kier molecular flexibility index (Phi) is 4.13. The van der Waals surface area contributed by atoms with Crippen molar-refractivity contribution in [1.82, 2.24) is 14.5 Å². The van der Waals surface area contributed by atoms with Gasteiger partial charge in [-0.15, -0.1) is 0 Å². The molecule has 1 N–H and O–H groups in total. The van der Waals surface area contributed by atoms with Crippen molar-refractivity contribution in [3.8, 4) is 17.1 Å². The van der Waals surface area contributed by atoms with Crippen LogP contribution in [-0.2, 0) is 0 Å². The summed E-state index contributed by atoms with van der Waals surface area (Å²) in [5.74, 6) is 1.93. The van der Waals surface area contributed by atoms with Gasteiger partial charge in [-0.25, -0.2) is 4.98 Å². The molecule has 1 aliphatic heterocycles. The van der Waals surface area contributed by atoms with Gasteiger partial charge < -0.3 is 5.32 Å². The largest absolute Gasteiger partial charge is 0.359 e. The van der Waals surface area contributed by atoms with Crippen LogP contribution < -0.4 is 5.32 Å². The van der Waals surface area contributed by atoms with E-state index in [0.717, 1.165) is 34.1 Å². The van der Waals surface area contributed by atoms with Crippen molar-refractivity contribution in [3.63, 3.8) is 0 Å². The molecule has 0 amide bonds. The fourth-order valence-corrected chi connectivity index (χ4v) is 4.25. The third-order valence-corrected chi connectivity index (χ3v) is 5.70. The van der Waals surface area contributed by atoms with Crippen molar-refractivity contribution < 1.29 is 0 Å². The van der Waals surface area contributed by atoms with E-state index < -0.39 is 0 Å². The predicted octanol–water partition coefficient (Wildman–Crippen LogP) is 6.27. The lowest BCUT2D eigenvalue weighted by molar-refractivity contribution is 0.892. The van der Waals surface area contributed by atoms with E-state index in [1.807, 2.05) is 42.6 Å². The van der Waals surface area contributed by atoms with Gasteiger partial charge in [-0.05, 0) is 30.3 Å². The first-order valence-electron chi connectivity index (χ1n) is 10.4. The van der Waals surface area contributed by atoms with Crippen molar-refractivity contribution in [2.75, 3.05) is 5.32 Å². The highest BCUT2D eigenvalue weighted by molar-refractivity contribution is 5.98. The summed E-state index contributed by atoms with van der Waals surface area (Å²) >= 11 is 0. The smallest absolute Gasteiger partial charge is 0.139 e. The summed E-state index contributed by atoms with van der Waals surface area (Å²) in [6.07, 6.45) is 6.21. The van der Waals surface area contributed by atoms with E-state index >= 15 is 0 Å². The molecule has 0 bridgehead atoms. The number of nitrogens with zero attached hydrogens (tertiary/aromatic N) is 3. The Morgan fingerprint density at radius 2 is 1.61 bits per heavy atom. The standard InChI is InChI=1S/C27H20N4/c1-2-9-19(10-3-1)22-13-8-15-26(29-22)31-25-14-5-4-11-20(25)21-16-17-24(30-27(21)31)23-12-6-7-18-28-23/h1-18,24,30H. The van der Waals surface area contributed by atoms with Crippen LogP contribution in [-0.4, -0.2) is 14.5 Å². The maximum Gasteiger partial charge on any atom is 0.139 e. The number of nitrogens with one attached hydrogen (secondary N) is 1. The number of hydrogen-bond acceptors (Lipinski definition) is 3. The van der Waals surface area contributed by atoms with Gasteiger partial charge in [-0.3, -0.25) is 9.55 Å². The normalized spacial score (nSPS) is 14.9. The number of rotatable bonds is 3. The van der Waals surface area contributed by atoms with E-state index in [2.05, 4.69) is 81.6 Å². The van der Waals surface area contributed by atoms with Crippen molar-refractivity contribution in [3.05, 3.63) is 115 Å². The zero-order valence-corrected chi connectivity index (χ0v) is 16.8. The summed E-state index contributed by atoms with van der Waals surface area (Å²) in [5, 5.41) is 4.90. The molecule has 4 heteroatoms. The SMILES string of the molecule is C1=CC(c2ccccn2)Nc2c1c1ccccc1n2-c1cccc(-c2ccccc2)n1. The predicted molar refractivity (Wildman–Crippen MR) is 126 cm³/mol. The molecule has 1 unspecified atom stereocenters. The Hall–Kier alpha value is -4.18. The molecule has 0 spiro atoms. The first-order valence-corrected chi connectivity index (χ1v) is 10.4. The fourth-order valence-electron chi connectivity index (χ4n) is 4.25. The molecule has 2 aromatic carbocycles. The molecule has 0 radical (unpaired) electrons. The van der Waals surface area contributed by atoms with E-state index in [-0.39, 0.29) is 6.04 Å². The second-order valence-corrected chi connectivity index (χ2v) is 7.60. The first-order chi connectivity index (χ1) is 15.4. The van der Waals surface area contributed by atoms with E-state index in [4.69, 9.17) is 4.98 Å². The van der Waals surface area contributed by atoms with Gasteiger partial charge in [0, 0.05) is 22.7 Å². The highest BCUT2D eigenvalue weighted by Gasteiger charge is 2.24. The van der Waals surface area contributed by atoms with Crippen LogP contribution in [0.5, 0.6) is 0 Å². The summed E-state index contributed by atoms with van der Waals surface area (Å²) in [7, 11) is 0. The van der Waals surface area contributed by atoms with Crippen LogP contribution in [0.15, 0.2) is 103 Å².